The van der Waals surface area contributed by atoms with Gasteiger partial charge in [-0.15, -0.1) is 0 Å². The lowest BCUT2D eigenvalue weighted by molar-refractivity contribution is -0.155. The fraction of sp³-hybridized carbons (Fsp3) is 0.929. The predicted molar refractivity (Wildman–Crippen MR) is 67.6 cm³/mol. The molecule has 0 N–H and O–H groups in total. The highest BCUT2D eigenvalue weighted by atomic mass is 16.6. The molecular formula is C14H24O4. The van der Waals surface area contributed by atoms with E-state index in [2.05, 4.69) is 0 Å². The van der Waals surface area contributed by atoms with Crippen molar-refractivity contribution < 1.29 is 19.0 Å². The first-order valence-corrected chi connectivity index (χ1v) is 6.89. The second-order valence-corrected chi connectivity index (χ2v) is 5.83. The molecule has 2 atom stereocenters. The van der Waals surface area contributed by atoms with Gasteiger partial charge in [-0.3, -0.25) is 4.79 Å². The average molecular weight is 256 g/mol. The van der Waals surface area contributed by atoms with Crippen molar-refractivity contribution in [3.8, 4) is 0 Å². The van der Waals surface area contributed by atoms with Crippen molar-refractivity contribution in [1.29, 1.82) is 0 Å². The van der Waals surface area contributed by atoms with E-state index in [0.717, 1.165) is 25.9 Å². The summed E-state index contributed by atoms with van der Waals surface area (Å²) in [7, 11) is 0. The number of carbonyl (C=O) groups is 1. The van der Waals surface area contributed by atoms with Gasteiger partial charge in [-0.25, -0.2) is 0 Å². The maximum Gasteiger partial charge on any atom is 0.167 e. The normalized spacial score (nSPS) is 32.9. The molecule has 0 saturated carbocycles. The Morgan fingerprint density at radius 3 is 2.83 bits per heavy atom. The van der Waals surface area contributed by atoms with E-state index < -0.39 is 5.60 Å². The summed E-state index contributed by atoms with van der Waals surface area (Å²) in [4.78, 5) is 12.5. The van der Waals surface area contributed by atoms with Gasteiger partial charge in [-0.2, -0.15) is 0 Å². The van der Waals surface area contributed by atoms with Gasteiger partial charge < -0.3 is 14.2 Å². The van der Waals surface area contributed by atoms with Crippen molar-refractivity contribution in [1.82, 2.24) is 0 Å². The molecule has 2 unspecified atom stereocenters. The van der Waals surface area contributed by atoms with Gasteiger partial charge in [-0.05, 0) is 33.6 Å². The quantitative estimate of drug-likeness (QED) is 0.771. The molecule has 0 aromatic heterocycles. The van der Waals surface area contributed by atoms with E-state index in [1.54, 1.807) is 0 Å². The Balaban J connectivity index is 2.02. The van der Waals surface area contributed by atoms with E-state index in [1.807, 2.05) is 20.8 Å². The smallest absolute Gasteiger partial charge is 0.167 e. The van der Waals surface area contributed by atoms with Crippen LogP contribution >= 0.6 is 0 Å². The Hall–Kier alpha value is -0.450. The zero-order chi connectivity index (χ0) is 13.2. The molecule has 2 saturated heterocycles. The van der Waals surface area contributed by atoms with Crippen LogP contribution < -0.4 is 0 Å². The van der Waals surface area contributed by atoms with E-state index in [9.17, 15) is 4.79 Å². The van der Waals surface area contributed by atoms with E-state index >= 15 is 0 Å². The zero-order valence-electron chi connectivity index (χ0n) is 11.7. The van der Waals surface area contributed by atoms with Crippen molar-refractivity contribution in [2.24, 2.45) is 5.92 Å². The van der Waals surface area contributed by atoms with Crippen LogP contribution in [0.2, 0.25) is 0 Å². The summed E-state index contributed by atoms with van der Waals surface area (Å²) < 4.78 is 16.9. The van der Waals surface area contributed by atoms with Crippen molar-refractivity contribution in [2.75, 3.05) is 26.4 Å². The van der Waals surface area contributed by atoms with Gasteiger partial charge in [0.15, 0.2) is 5.78 Å². The number of ketones is 1. The molecular weight excluding hydrogens is 232 g/mol. The monoisotopic (exact) mass is 256 g/mol. The maximum atomic E-state index is 12.5. The molecule has 2 rings (SSSR count). The summed E-state index contributed by atoms with van der Waals surface area (Å²) >= 11 is 0. The van der Waals surface area contributed by atoms with E-state index in [1.165, 1.54) is 0 Å². The van der Waals surface area contributed by atoms with Gasteiger partial charge in [-0.1, -0.05) is 0 Å². The Morgan fingerprint density at radius 2 is 2.22 bits per heavy atom. The van der Waals surface area contributed by atoms with Crippen LogP contribution in [0.1, 0.15) is 40.0 Å². The standard InChI is InChI=1S/C14H24O4/c1-4-17-13(2,3)12(15)11-5-7-18-14(9-11)6-8-16-10-14/h11H,4-10H2,1-3H3. The van der Waals surface area contributed by atoms with Gasteiger partial charge >= 0.3 is 0 Å². The zero-order valence-corrected chi connectivity index (χ0v) is 11.7. The lowest BCUT2D eigenvalue weighted by atomic mass is 9.79. The summed E-state index contributed by atoms with van der Waals surface area (Å²) in [5, 5.41) is 0. The fourth-order valence-corrected chi connectivity index (χ4v) is 3.04. The maximum absolute atomic E-state index is 12.5. The van der Waals surface area contributed by atoms with Crippen LogP contribution in [0.25, 0.3) is 0 Å². The minimum atomic E-state index is -0.683. The first-order valence-electron chi connectivity index (χ1n) is 6.89. The molecule has 2 aliphatic rings. The molecule has 4 nitrogen and oxygen atoms in total. The molecule has 0 aromatic rings. The third kappa shape index (κ3) is 2.76. The number of carbonyl (C=O) groups excluding carboxylic acids is 1. The second kappa shape index (κ2) is 5.27. The minimum Gasteiger partial charge on any atom is -0.378 e. The van der Waals surface area contributed by atoms with Crippen LogP contribution in [0.3, 0.4) is 0 Å². The van der Waals surface area contributed by atoms with Crippen LogP contribution in [0.5, 0.6) is 0 Å². The summed E-state index contributed by atoms with van der Waals surface area (Å²) in [6.45, 7) is 8.25. The second-order valence-electron chi connectivity index (χ2n) is 5.83. The average Bonchev–Trinajstić information content (AvgIpc) is 2.76. The summed E-state index contributed by atoms with van der Waals surface area (Å²) in [6, 6.07) is 0. The lowest BCUT2D eigenvalue weighted by Gasteiger charge is -2.38. The molecule has 0 aliphatic carbocycles. The van der Waals surface area contributed by atoms with Crippen LogP contribution in [0, 0.1) is 5.92 Å². The molecule has 18 heavy (non-hydrogen) atoms. The highest BCUT2D eigenvalue weighted by Crippen LogP contribution is 2.37. The van der Waals surface area contributed by atoms with Crippen molar-refractivity contribution in [3.05, 3.63) is 0 Å². The van der Waals surface area contributed by atoms with Gasteiger partial charge in [0.05, 0.1) is 12.2 Å². The number of Topliss-reactive ketones (excluding diaryl/α,β-unsaturated/α-hetero) is 1. The van der Waals surface area contributed by atoms with Crippen molar-refractivity contribution in [3.63, 3.8) is 0 Å². The van der Waals surface area contributed by atoms with Gasteiger partial charge in [0.2, 0.25) is 0 Å². The third-order valence-corrected chi connectivity index (χ3v) is 4.03. The number of hydrogen-bond donors (Lipinski definition) is 0. The molecule has 2 fully saturated rings. The Kier molecular flexibility index (Phi) is 4.09. The highest BCUT2D eigenvalue weighted by molar-refractivity contribution is 5.88. The Morgan fingerprint density at radius 1 is 1.44 bits per heavy atom. The molecule has 2 heterocycles. The summed E-state index contributed by atoms with van der Waals surface area (Å²) in [5.41, 5.74) is -0.891. The fourth-order valence-electron chi connectivity index (χ4n) is 3.04. The first kappa shape index (κ1) is 14.0. The summed E-state index contributed by atoms with van der Waals surface area (Å²) in [5.74, 6) is 0.251. The molecule has 0 amide bonds. The Labute approximate surface area is 109 Å². The van der Waals surface area contributed by atoms with Gasteiger partial charge in [0.1, 0.15) is 5.60 Å². The molecule has 0 aromatic carbocycles. The molecule has 0 radical (unpaired) electrons. The molecule has 2 aliphatic heterocycles. The first-order chi connectivity index (χ1) is 8.49. The van der Waals surface area contributed by atoms with E-state index in [-0.39, 0.29) is 17.3 Å². The third-order valence-electron chi connectivity index (χ3n) is 4.03. The highest BCUT2D eigenvalue weighted by Gasteiger charge is 2.45. The number of hydrogen-bond acceptors (Lipinski definition) is 4. The number of rotatable bonds is 4. The van der Waals surface area contributed by atoms with E-state index in [0.29, 0.717) is 19.8 Å². The van der Waals surface area contributed by atoms with Gasteiger partial charge in [0.25, 0.3) is 0 Å². The van der Waals surface area contributed by atoms with Crippen LogP contribution in [0.15, 0.2) is 0 Å². The minimum absolute atomic E-state index is 0.0435. The van der Waals surface area contributed by atoms with Crippen LogP contribution in [-0.4, -0.2) is 43.4 Å². The topological polar surface area (TPSA) is 44.8 Å². The van der Waals surface area contributed by atoms with Gasteiger partial charge in [0, 0.05) is 32.2 Å². The SMILES string of the molecule is CCOC(C)(C)C(=O)C1CCOC2(CCOC2)C1. The molecule has 4 heteroatoms. The predicted octanol–water partition coefficient (Wildman–Crippen LogP) is 1.96. The largest absolute Gasteiger partial charge is 0.378 e. The van der Waals surface area contributed by atoms with Crippen LogP contribution in [-0.2, 0) is 19.0 Å². The Bertz CT molecular complexity index is 305. The molecule has 1 spiro atoms. The number of ether oxygens (including phenoxy) is 3. The van der Waals surface area contributed by atoms with Crippen molar-refractivity contribution in [2.45, 2.75) is 51.2 Å². The van der Waals surface area contributed by atoms with E-state index in [4.69, 9.17) is 14.2 Å². The van der Waals surface area contributed by atoms with Crippen LogP contribution in [0.4, 0.5) is 0 Å². The van der Waals surface area contributed by atoms with Crippen molar-refractivity contribution >= 4 is 5.78 Å². The lowest BCUT2D eigenvalue weighted by Crippen LogP contribution is -2.47. The molecule has 0 bridgehead atoms. The molecule has 104 valence electrons. The summed E-state index contributed by atoms with van der Waals surface area (Å²) in [6.07, 6.45) is 2.49.